The maximum atomic E-state index is 4.19. The number of hydrogen-bond acceptors (Lipinski definition) is 1. The third-order valence-corrected chi connectivity index (χ3v) is 0. The summed E-state index contributed by atoms with van der Waals surface area (Å²) in [5, 5.41) is 0. The van der Waals surface area contributed by atoms with E-state index in [1.165, 1.54) is 0 Å². The van der Waals surface area contributed by atoms with Crippen LogP contribution in [-0.4, -0.2) is 47.1 Å². The summed E-state index contributed by atoms with van der Waals surface area (Å²) in [5.41, 5.74) is 0. The Labute approximate surface area is 94.9 Å². The van der Waals surface area contributed by atoms with Crippen LogP contribution in [0.2, 0.25) is 0 Å². The largest absolute Gasteiger partial charge is 3.00 e. The predicted molar refractivity (Wildman–Crippen MR) is 19.1 cm³/mol. The Bertz CT molecular complexity index is 11.6. The van der Waals surface area contributed by atoms with Crippen LogP contribution in [0.3, 0.4) is 0 Å². The predicted octanol–water partition coefficient (Wildman–Crippen LogP) is -6.11. The van der Waals surface area contributed by atoms with E-state index in [4.69, 9.17) is 0 Å². The molecule has 0 nitrogen and oxygen atoms in total. The fourth-order valence-electron chi connectivity index (χ4n) is 0. The molecule has 0 spiro atoms. The fraction of sp³-hybridized carbons (Fsp3) is 0. The average Bonchev–Trinajstić information content (AvgIpc) is 1.00. The van der Waals surface area contributed by atoms with E-state index in [1.807, 2.05) is 0 Å². The van der Waals surface area contributed by atoms with Gasteiger partial charge in [0.15, 0.2) is 0 Å². The van der Waals surface area contributed by atoms with Gasteiger partial charge in [0.1, 0.15) is 0 Å². The van der Waals surface area contributed by atoms with Gasteiger partial charge in [0.05, 0.1) is 0 Å². The summed E-state index contributed by atoms with van der Waals surface area (Å²) in [4.78, 5) is 0. The number of halogens is 2. The summed E-state index contributed by atoms with van der Waals surface area (Å²) >= 11 is 1.03. The Morgan fingerprint density at radius 1 is 1.20 bits per heavy atom. The van der Waals surface area contributed by atoms with Crippen molar-refractivity contribution in [1.29, 1.82) is 0 Å². The van der Waals surface area contributed by atoms with Crippen molar-refractivity contribution >= 4 is 56.0 Å². The van der Waals surface area contributed by atoms with Gasteiger partial charge >= 0.3 is 56.0 Å². The molecule has 0 aromatic carbocycles. The Morgan fingerprint density at radius 2 is 1.20 bits per heavy atom. The third kappa shape index (κ3) is 19.2. The summed E-state index contributed by atoms with van der Waals surface area (Å²) in [6.45, 7) is 0. The molecule has 4 radical (unpaired) electrons. The molecule has 0 amide bonds. The Hall–Kier alpha value is 3.13. The molecule has 5 heavy (non-hydrogen) atoms. The summed E-state index contributed by atoms with van der Waals surface area (Å²) < 4.78 is 0. The topological polar surface area (TPSA) is 0 Å². The Morgan fingerprint density at radius 3 is 1.20 bits per heavy atom. The second kappa shape index (κ2) is 27.3. The molecule has 0 unspecified atom stereocenters. The maximum Gasteiger partial charge on any atom is 3.00 e. The molecule has 0 saturated heterocycles. The quantitative estimate of drug-likeness (QED) is 0.207. The van der Waals surface area contributed by atoms with Crippen molar-refractivity contribution in [1.82, 2.24) is 0 Å². The van der Waals surface area contributed by atoms with E-state index in [0.29, 0.717) is 0 Å². The number of hydrogen-bond donors (Lipinski definition) is 0. The first-order valence-corrected chi connectivity index (χ1v) is 4.81. The van der Waals surface area contributed by atoms with Crippen LogP contribution in [0.15, 0.2) is 0 Å². The van der Waals surface area contributed by atoms with Crippen LogP contribution >= 0.6 is 8.86 Å². The van der Waals surface area contributed by atoms with E-state index in [2.05, 4.69) is 8.86 Å². The first-order chi connectivity index (χ1) is 1.00. The van der Waals surface area contributed by atoms with Crippen molar-refractivity contribution in [2.45, 2.75) is 0 Å². The van der Waals surface area contributed by atoms with Gasteiger partial charge < -0.3 is 41.0 Å². The van der Waals surface area contributed by atoms with Gasteiger partial charge in [0.2, 0.25) is 0 Å². The van der Waals surface area contributed by atoms with Crippen LogP contribution in [0.4, 0.5) is 0 Å². The fourth-order valence-corrected chi connectivity index (χ4v) is 0. The van der Waals surface area contributed by atoms with Crippen LogP contribution in [0.25, 0.3) is 0 Å². The van der Waals surface area contributed by atoms with Crippen LogP contribution in [0.5, 0.6) is 0 Å². The zero-order valence-corrected chi connectivity index (χ0v) is 12.6. The molecule has 0 aliphatic carbocycles. The molecule has 0 saturated carbocycles. The first-order valence-electron chi connectivity index (χ1n) is 0.183. The molecule has 0 bridgehead atoms. The Kier molecular flexibility index (Phi) is 132. The molecule has 5 heteroatoms. The van der Waals surface area contributed by atoms with Crippen molar-refractivity contribution in [3.63, 3.8) is 0 Å². The van der Waals surface area contributed by atoms with Crippen LogP contribution in [-0.2, 0) is 0 Å². The Balaban J connectivity index is -0.00000000167. The normalized spacial score (nSPS) is 0.800. The average molecular weight is 570 g/mol. The van der Waals surface area contributed by atoms with E-state index in [0.717, 1.165) is 22.7 Å². The van der Waals surface area contributed by atoms with E-state index in [1.54, 1.807) is 0 Å². The zero-order valence-electron chi connectivity index (χ0n) is 2.06. The molecule has 0 N–H and O–H groups in total. The minimum atomic E-state index is 0. The summed E-state index contributed by atoms with van der Waals surface area (Å²) in [5.74, 6) is 0. The number of rotatable bonds is 0. The van der Waals surface area contributed by atoms with Gasteiger partial charge in [-0.1, -0.05) is 0 Å². The minimum absolute atomic E-state index is 0. The summed E-state index contributed by atoms with van der Waals surface area (Å²) in [6, 6.07) is 0. The van der Waals surface area contributed by atoms with Gasteiger partial charge in [-0.3, -0.25) is 0 Å². The van der Waals surface area contributed by atoms with Gasteiger partial charge in [0, 0.05) is 0 Å². The maximum absolute atomic E-state index is 4.19. The van der Waals surface area contributed by atoms with E-state index in [9.17, 15) is 0 Å². The van der Waals surface area contributed by atoms with Gasteiger partial charge in [-0.05, 0) is 0 Å². The second-order valence-corrected chi connectivity index (χ2v) is 0. The van der Waals surface area contributed by atoms with Crippen molar-refractivity contribution in [3.8, 4) is 0 Å². The molecular weight excluding hydrogens is 570 g/mol. The molecule has 0 aliphatic rings. The van der Waals surface area contributed by atoms with Gasteiger partial charge in [-0.15, -0.1) is 0 Å². The molecule has 0 rings (SSSR count). The summed E-state index contributed by atoms with van der Waals surface area (Å²) in [7, 11) is 4.19. The van der Waals surface area contributed by atoms with Gasteiger partial charge in [-0.2, -0.15) is 0 Å². The van der Waals surface area contributed by atoms with Gasteiger partial charge in [0.25, 0.3) is 0 Å². The SMILES string of the molecule is [Br-].[I-].[S]=[Bi+].[Sb+3]. The molecule has 0 aliphatic heterocycles. The van der Waals surface area contributed by atoms with Crippen molar-refractivity contribution in [3.05, 3.63) is 0 Å². The standard InChI is InChI=1S/Bi.BrH.HI.S.Sb/h;2*1H;;/q+1;;;;+3/p-2. The minimum Gasteiger partial charge on any atom is 3.00 e. The zero-order chi connectivity index (χ0) is 2.00. The smallest absolute Gasteiger partial charge is 3.00 e. The first kappa shape index (κ1) is 24.2. The second-order valence-electron chi connectivity index (χ2n) is 0. The molecular formula is BiBrISSb+2. The van der Waals surface area contributed by atoms with Gasteiger partial charge in [-0.25, -0.2) is 0 Å². The molecule has 0 atom stereocenters. The van der Waals surface area contributed by atoms with E-state index < -0.39 is 0 Å². The van der Waals surface area contributed by atoms with Crippen molar-refractivity contribution < 1.29 is 41.0 Å². The third-order valence-electron chi connectivity index (χ3n) is 0. The van der Waals surface area contributed by atoms with Crippen molar-refractivity contribution in [2.24, 2.45) is 0 Å². The molecule has 0 aromatic heterocycles. The van der Waals surface area contributed by atoms with Crippen molar-refractivity contribution in [2.75, 3.05) is 0 Å². The van der Waals surface area contributed by atoms with Crippen LogP contribution in [0.1, 0.15) is 0 Å². The van der Waals surface area contributed by atoms with Crippen LogP contribution < -0.4 is 41.0 Å². The van der Waals surface area contributed by atoms with E-state index >= 15 is 0 Å². The molecule has 0 aromatic rings. The monoisotopic (exact) mass is 568 g/mol. The molecule has 0 heterocycles. The molecule has 28 valence electrons. The summed E-state index contributed by atoms with van der Waals surface area (Å²) in [6.07, 6.45) is 0. The van der Waals surface area contributed by atoms with Crippen LogP contribution in [0, 0.1) is 0 Å². The van der Waals surface area contributed by atoms with E-state index in [-0.39, 0.29) is 65.4 Å². The molecule has 0 fully saturated rings.